The van der Waals surface area contributed by atoms with E-state index in [4.69, 9.17) is 22.1 Å². The van der Waals surface area contributed by atoms with E-state index in [-0.39, 0.29) is 11.6 Å². The van der Waals surface area contributed by atoms with E-state index < -0.39 is 0 Å². The molecule has 18 heavy (non-hydrogen) atoms. The van der Waals surface area contributed by atoms with Crippen LogP contribution in [0.2, 0.25) is 5.02 Å². The van der Waals surface area contributed by atoms with Gasteiger partial charge in [-0.2, -0.15) is 0 Å². The minimum Gasteiger partial charge on any atom is -0.383 e. The fourth-order valence-corrected chi connectivity index (χ4v) is 2.40. The molecule has 0 aromatic heterocycles. The van der Waals surface area contributed by atoms with Crippen molar-refractivity contribution < 1.29 is 4.74 Å². The van der Waals surface area contributed by atoms with Crippen LogP contribution in [0.25, 0.3) is 0 Å². The van der Waals surface area contributed by atoms with Crippen molar-refractivity contribution in [3.63, 3.8) is 0 Å². The topological polar surface area (TPSA) is 38.5 Å². The summed E-state index contributed by atoms with van der Waals surface area (Å²) in [5, 5.41) is 0.786. The number of methoxy groups -OCH3 is 1. The highest BCUT2D eigenvalue weighted by molar-refractivity contribution is 6.31. The summed E-state index contributed by atoms with van der Waals surface area (Å²) >= 11 is 6.24. The lowest BCUT2D eigenvalue weighted by Gasteiger charge is -2.41. The molecule has 0 heterocycles. The van der Waals surface area contributed by atoms with Crippen molar-refractivity contribution in [1.29, 1.82) is 0 Å². The predicted molar refractivity (Wildman–Crippen MR) is 77.0 cm³/mol. The first kappa shape index (κ1) is 15.4. The van der Waals surface area contributed by atoms with E-state index in [0.29, 0.717) is 13.2 Å². The molecule has 0 saturated heterocycles. The molecule has 1 aromatic carbocycles. The molecule has 0 fully saturated rings. The van der Waals surface area contributed by atoms with Gasteiger partial charge in [-0.1, -0.05) is 29.8 Å². The Balaban J connectivity index is 2.96. The first-order valence-corrected chi connectivity index (χ1v) is 6.50. The lowest BCUT2D eigenvalue weighted by molar-refractivity contribution is 0.0214. The summed E-state index contributed by atoms with van der Waals surface area (Å²) in [4.78, 5) is 2.22. The maximum absolute atomic E-state index is 6.24. The molecular weight excluding hydrogens is 248 g/mol. The van der Waals surface area contributed by atoms with E-state index in [2.05, 4.69) is 25.8 Å². The largest absolute Gasteiger partial charge is 0.383 e. The quantitative estimate of drug-likeness (QED) is 0.864. The molecule has 1 rings (SSSR count). The van der Waals surface area contributed by atoms with E-state index >= 15 is 0 Å². The first-order chi connectivity index (χ1) is 8.46. The Bertz CT molecular complexity index is 386. The van der Waals surface area contributed by atoms with Gasteiger partial charge in [-0.3, -0.25) is 4.90 Å². The molecule has 0 spiro atoms. The smallest absolute Gasteiger partial charge is 0.0656 e. The highest BCUT2D eigenvalue weighted by Gasteiger charge is 2.32. The van der Waals surface area contributed by atoms with Crippen LogP contribution in [0, 0.1) is 0 Å². The molecule has 2 atom stereocenters. The van der Waals surface area contributed by atoms with Crippen LogP contribution < -0.4 is 5.73 Å². The average molecular weight is 271 g/mol. The highest BCUT2D eigenvalue weighted by atomic mass is 35.5. The number of likely N-dealkylation sites (N-methyl/N-ethyl adjacent to an activating group) is 1. The third kappa shape index (κ3) is 3.23. The van der Waals surface area contributed by atoms with Crippen LogP contribution in [0.3, 0.4) is 0 Å². The summed E-state index contributed by atoms with van der Waals surface area (Å²) in [6, 6.07) is 8.09. The number of ether oxygens (including phenoxy) is 1. The zero-order valence-corrected chi connectivity index (χ0v) is 12.4. The summed E-state index contributed by atoms with van der Waals surface area (Å²) in [6.07, 6.45) is 0. The summed E-state index contributed by atoms with van der Waals surface area (Å²) < 4.78 is 5.28. The van der Waals surface area contributed by atoms with Crippen molar-refractivity contribution in [2.45, 2.75) is 25.4 Å². The minimum atomic E-state index is -0.201. The standard InChI is InChI=1S/C14H23ClN2O/c1-11(12-7-5-6-8-13(12)15)17(3)14(2,9-16)10-18-4/h5-8,11H,9-10,16H2,1-4H3. The molecule has 0 aliphatic heterocycles. The molecule has 0 amide bonds. The van der Waals surface area contributed by atoms with Crippen molar-refractivity contribution in [1.82, 2.24) is 4.90 Å². The van der Waals surface area contributed by atoms with Crippen LogP contribution >= 0.6 is 11.6 Å². The van der Waals surface area contributed by atoms with Gasteiger partial charge in [-0.15, -0.1) is 0 Å². The fourth-order valence-electron chi connectivity index (χ4n) is 2.11. The van der Waals surface area contributed by atoms with Gasteiger partial charge in [-0.25, -0.2) is 0 Å². The molecule has 0 saturated carbocycles. The molecule has 4 heteroatoms. The van der Waals surface area contributed by atoms with Crippen LogP contribution in [0.5, 0.6) is 0 Å². The van der Waals surface area contributed by atoms with Gasteiger partial charge in [0.15, 0.2) is 0 Å². The molecule has 0 aliphatic carbocycles. The van der Waals surface area contributed by atoms with Gasteiger partial charge in [0, 0.05) is 24.7 Å². The van der Waals surface area contributed by atoms with Crippen molar-refractivity contribution in [3.8, 4) is 0 Å². The predicted octanol–water partition coefficient (Wildman–Crippen LogP) is 2.70. The third-order valence-electron chi connectivity index (χ3n) is 3.68. The van der Waals surface area contributed by atoms with Crippen molar-refractivity contribution in [2.75, 3.05) is 27.3 Å². The monoisotopic (exact) mass is 270 g/mol. The Labute approximate surface area is 115 Å². The van der Waals surface area contributed by atoms with E-state index in [0.717, 1.165) is 10.6 Å². The van der Waals surface area contributed by atoms with E-state index in [9.17, 15) is 0 Å². The fraction of sp³-hybridized carbons (Fsp3) is 0.571. The van der Waals surface area contributed by atoms with Crippen LogP contribution in [0.4, 0.5) is 0 Å². The summed E-state index contributed by atoms with van der Waals surface area (Å²) in [5.74, 6) is 0. The zero-order valence-electron chi connectivity index (χ0n) is 11.6. The lowest BCUT2D eigenvalue weighted by Crippen LogP contribution is -2.53. The SMILES string of the molecule is COCC(C)(CN)N(C)C(C)c1ccccc1Cl. The Morgan fingerprint density at radius 3 is 2.56 bits per heavy atom. The second-order valence-electron chi connectivity index (χ2n) is 4.94. The summed E-state index contributed by atoms with van der Waals surface area (Å²) in [5.41, 5.74) is 6.80. The van der Waals surface area contributed by atoms with Gasteiger partial charge in [-0.05, 0) is 32.5 Å². The number of benzene rings is 1. The van der Waals surface area contributed by atoms with Crippen molar-refractivity contribution in [3.05, 3.63) is 34.9 Å². The number of hydrogen-bond donors (Lipinski definition) is 1. The summed E-state index contributed by atoms with van der Waals surface area (Å²) in [6.45, 7) is 5.36. The Hall–Kier alpha value is -0.610. The van der Waals surface area contributed by atoms with Crippen LogP contribution in [0.1, 0.15) is 25.5 Å². The van der Waals surface area contributed by atoms with E-state index in [1.165, 1.54) is 0 Å². The van der Waals surface area contributed by atoms with Gasteiger partial charge >= 0.3 is 0 Å². The molecule has 0 bridgehead atoms. The average Bonchev–Trinajstić information content (AvgIpc) is 2.37. The molecule has 2 N–H and O–H groups in total. The normalized spacial score (nSPS) is 16.6. The lowest BCUT2D eigenvalue weighted by atomic mass is 9.97. The maximum atomic E-state index is 6.24. The first-order valence-electron chi connectivity index (χ1n) is 6.12. The van der Waals surface area contributed by atoms with Gasteiger partial charge < -0.3 is 10.5 Å². The number of hydrogen-bond acceptors (Lipinski definition) is 3. The van der Waals surface area contributed by atoms with Gasteiger partial charge in [0.1, 0.15) is 0 Å². The second-order valence-corrected chi connectivity index (χ2v) is 5.35. The molecule has 1 aromatic rings. The Kier molecular flexibility index (Phi) is 5.60. The number of nitrogens with two attached hydrogens (primary N) is 1. The second kappa shape index (κ2) is 6.53. The van der Waals surface area contributed by atoms with E-state index in [1.54, 1.807) is 7.11 Å². The molecular formula is C14H23ClN2O. The number of nitrogens with zero attached hydrogens (tertiary/aromatic N) is 1. The van der Waals surface area contributed by atoms with Gasteiger partial charge in [0.25, 0.3) is 0 Å². The maximum Gasteiger partial charge on any atom is 0.0656 e. The van der Waals surface area contributed by atoms with Crippen LogP contribution in [0.15, 0.2) is 24.3 Å². The number of halogens is 1. The zero-order chi connectivity index (χ0) is 13.8. The highest BCUT2D eigenvalue weighted by Crippen LogP contribution is 2.30. The molecule has 3 nitrogen and oxygen atoms in total. The minimum absolute atomic E-state index is 0.183. The Morgan fingerprint density at radius 2 is 2.06 bits per heavy atom. The third-order valence-corrected chi connectivity index (χ3v) is 4.03. The Morgan fingerprint density at radius 1 is 1.44 bits per heavy atom. The van der Waals surface area contributed by atoms with Gasteiger partial charge in [0.2, 0.25) is 0 Å². The molecule has 0 aliphatic rings. The van der Waals surface area contributed by atoms with Crippen LogP contribution in [-0.4, -0.2) is 37.7 Å². The van der Waals surface area contributed by atoms with Gasteiger partial charge in [0.05, 0.1) is 12.1 Å². The number of rotatable bonds is 6. The molecule has 2 unspecified atom stereocenters. The van der Waals surface area contributed by atoms with Crippen molar-refractivity contribution in [2.24, 2.45) is 5.73 Å². The van der Waals surface area contributed by atoms with E-state index in [1.807, 2.05) is 24.3 Å². The van der Waals surface area contributed by atoms with Crippen molar-refractivity contribution >= 4 is 11.6 Å². The molecule has 102 valence electrons. The summed E-state index contributed by atoms with van der Waals surface area (Å²) in [7, 11) is 3.75. The molecule has 0 radical (unpaired) electrons. The van der Waals surface area contributed by atoms with Crippen LogP contribution in [-0.2, 0) is 4.74 Å².